The molecule has 0 saturated carbocycles. The highest BCUT2D eigenvalue weighted by atomic mass is 16.5. The van der Waals surface area contributed by atoms with E-state index in [2.05, 4.69) is 43.2 Å². The van der Waals surface area contributed by atoms with Gasteiger partial charge in [0.1, 0.15) is 6.04 Å². The molecule has 2 aliphatic heterocycles. The van der Waals surface area contributed by atoms with Crippen LogP contribution in [0.3, 0.4) is 0 Å². The lowest BCUT2D eigenvalue weighted by Crippen LogP contribution is -2.61. The smallest absolute Gasteiger partial charge is 0.239 e. The molecule has 6 nitrogen and oxygen atoms in total. The lowest BCUT2D eigenvalue weighted by Gasteiger charge is -2.45. The van der Waals surface area contributed by atoms with Gasteiger partial charge in [-0.1, -0.05) is 0 Å². The van der Waals surface area contributed by atoms with Crippen LogP contribution in [0.2, 0.25) is 0 Å². The van der Waals surface area contributed by atoms with E-state index in [0.29, 0.717) is 13.2 Å². The van der Waals surface area contributed by atoms with Crippen LogP contribution in [0.4, 0.5) is 0 Å². The average Bonchev–Trinajstić information content (AvgIpc) is 2.44. The zero-order chi connectivity index (χ0) is 16.3. The number of nitrogens with one attached hydrogen (secondary N) is 2. The van der Waals surface area contributed by atoms with Gasteiger partial charge in [-0.05, 0) is 34.6 Å². The molecule has 0 aromatic rings. The monoisotopic (exact) mass is 313 g/mol. The molecular formula is C16H31N3O3. The fourth-order valence-corrected chi connectivity index (χ4v) is 3.22. The van der Waals surface area contributed by atoms with E-state index < -0.39 is 0 Å². The quantitative estimate of drug-likeness (QED) is 0.785. The summed E-state index contributed by atoms with van der Waals surface area (Å²) in [4.78, 5) is 14.8. The Morgan fingerprint density at radius 1 is 1.27 bits per heavy atom. The maximum atomic E-state index is 12.4. The molecule has 2 aliphatic rings. The molecule has 0 bridgehead atoms. The van der Waals surface area contributed by atoms with Crippen molar-refractivity contribution in [1.82, 2.24) is 15.5 Å². The Bertz CT molecular complexity index is 379. The molecule has 1 amide bonds. The minimum Gasteiger partial charge on any atom is -0.375 e. The summed E-state index contributed by atoms with van der Waals surface area (Å²) in [5.41, 5.74) is -0.0965. The van der Waals surface area contributed by atoms with Crippen LogP contribution in [-0.2, 0) is 14.3 Å². The number of ether oxygens (including phenoxy) is 2. The van der Waals surface area contributed by atoms with E-state index in [1.807, 2.05) is 6.92 Å². The first-order valence-corrected chi connectivity index (χ1v) is 8.33. The van der Waals surface area contributed by atoms with E-state index in [1.54, 1.807) is 0 Å². The van der Waals surface area contributed by atoms with Crippen LogP contribution in [0, 0.1) is 0 Å². The lowest BCUT2D eigenvalue weighted by atomic mass is 9.99. The maximum Gasteiger partial charge on any atom is 0.239 e. The molecule has 0 aromatic heterocycles. The first kappa shape index (κ1) is 17.7. The van der Waals surface area contributed by atoms with Gasteiger partial charge in [0.25, 0.3) is 0 Å². The number of nitrogens with zero attached hydrogens (tertiary/aromatic N) is 1. The summed E-state index contributed by atoms with van der Waals surface area (Å²) in [5.74, 6) is 0.0228. The van der Waals surface area contributed by atoms with Gasteiger partial charge in [0, 0.05) is 31.7 Å². The number of rotatable bonds is 4. The Morgan fingerprint density at radius 3 is 2.50 bits per heavy atom. The van der Waals surface area contributed by atoms with E-state index in [-0.39, 0.29) is 35.8 Å². The highest BCUT2D eigenvalue weighted by molar-refractivity contribution is 5.82. The zero-order valence-electron chi connectivity index (χ0n) is 14.5. The molecule has 2 rings (SSSR count). The highest BCUT2D eigenvalue weighted by Gasteiger charge is 2.35. The van der Waals surface area contributed by atoms with Crippen LogP contribution < -0.4 is 10.6 Å². The van der Waals surface area contributed by atoms with Crippen molar-refractivity contribution < 1.29 is 14.3 Å². The van der Waals surface area contributed by atoms with Gasteiger partial charge in [0.15, 0.2) is 0 Å². The number of amides is 1. The van der Waals surface area contributed by atoms with E-state index in [9.17, 15) is 4.79 Å². The molecule has 0 spiro atoms. The Hall–Kier alpha value is -0.690. The van der Waals surface area contributed by atoms with E-state index >= 15 is 0 Å². The fraction of sp³-hybridized carbons (Fsp3) is 0.938. The average molecular weight is 313 g/mol. The Kier molecular flexibility index (Phi) is 5.82. The molecule has 0 aromatic carbocycles. The van der Waals surface area contributed by atoms with Gasteiger partial charge in [0.05, 0.1) is 24.9 Å². The van der Waals surface area contributed by atoms with Crippen LogP contribution in [0.15, 0.2) is 0 Å². The van der Waals surface area contributed by atoms with Crippen molar-refractivity contribution in [3.05, 3.63) is 0 Å². The van der Waals surface area contributed by atoms with Gasteiger partial charge in [-0.15, -0.1) is 0 Å². The fourth-order valence-electron chi connectivity index (χ4n) is 3.22. The first-order valence-electron chi connectivity index (χ1n) is 8.33. The third-order valence-corrected chi connectivity index (χ3v) is 4.57. The number of hydrogen-bond donors (Lipinski definition) is 2. The minimum atomic E-state index is -0.257. The molecule has 6 heteroatoms. The molecule has 4 atom stereocenters. The minimum absolute atomic E-state index is 0.0228. The van der Waals surface area contributed by atoms with Crippen molar-refractivity contribution >= 4 is 5.91 Å². The molecule has 2 saturated heterocycles. The molecule has 22 heavy (non-hydrogen) atoms. The van der Waals surface area contributed by atoms with Gasteiger partial charge in [0.2, 0.25) is 5.91 Å². The van der Waals surface area contributed by atoms with Gasteiger partial charge in [-0.3, -0.25) is 9.69 Å². The number of carbonyl (C=O) groups excluding carboxylic acids is 1. The predicted octanol–water partition coefficient (Wildman–Crippen LogP) is 0.367. The topological polar surface area (TPSA) is 62.8 Å². The van der Waals surface area contributed by atoms with Crippen molar-refractivity contribution in [2.45, 2.75) is 64.5 Å². The summed E-state index contributed by atoms with van der Waals surface area (Å²) in [6.07, 6.45) is 0.375. The summed E-state index contributed by atoms with van der Waals surface area (Å²) in [6.45, 7) is 14.3. The largest absolute Gasteiger partial charge is 0.375 e. The molecule has 0 aliphatic carbocycles. The first-order chi connectivity index (χ1) is 10.3. The molecule has 0 radical (unpaired) electrons. The van der Waals surface area contributed by atoms with Crippen molar-refractivity contribution in [2.24, 2.45) is 0 Å². The van der Waals surface area contributed by atoms with Crippen molar-refractivity contribution in [3.63, 3.8) is 0 Å². The van der Waals surface area contributed by atoms with Crippen molar-refractivity contribution in [2.75, 3.05) is 32.8 Å². The third-order valence-electron chi connectivity index (χ3n) is 4.57. The van der Waals surface area contributed by atoms with E-state index in [4.69, 9.17) is 9.47 Å². The molecule has 2 fully saturated rings. The van der Waals surface area contributed by atoms with E-state index in [0.717, 1.165) is 19.6 Å². The second kappa shape index (κ2) is 7.25. The van der Waals surface area contributed by atoms with Gasteiger partial charge < -0.3 is 20.1 Å². The summed E-state index contributed by atoms with van der Waals surface area (Å²) < 4.78 is 11.3. The Balaban J connectivity index is 1.87. The standard InChI is InChI=1S/C16H31N3O3/c1-11-8-19(9-12(2)22-11)16(4,5)10-18-15(20)14-13(3)21-7-6-17-14/h11-14,17H,6-10H2,1-5H3,(H,18,20)/t11?,12?,13-,14+/m1/s1. The number of morpholine rings is 2. The summed E-state index contributed by atoms with van der Waals surface area (Å²) in [7, 11) is 0. The molecule has 2 N–H and O–H groups in total. The van der Waals surface area contributed by atoms with Crippen LogP contribution in [-0.4, -0.2) is 73.5 Å². The van der Waals surface area contributed by atoms with Crippen molar-refractivity contribution in [3.8, 4) is 0 Å². The normalized spacial score (nSPS) is 34.4. The Labute approximate surface area is 133 Å². The number of hydrogen-bond acceptors (Lipinski definition) is 5. The van der Waals surface area contributed by atoms with Gasteiger partial charge in [-0.2, -0.15) is 0 Å². The summed E-state index contributed by atoms with van der Waals surface area (Å²) in [5, 5.41) is 6.31. The highest BCUT2D eigenvalue weighted by Crippen LogP contribution is 2.20. The lowest BCUT2D eigenvalue weighted by molar-refractivity contribution is -0.130. The molecule has 128 valence electrons. The van der Waals surface area contributed by atoms with Crippen LogP contribution in [0.25, 0.3) is 0 Å². The third kappa shape index (κ3) is 4.41. The van der Waals surface area contributed by atoms with Crippen LogP contribution >= 0.6 is 0 Å². The molecular weight excluding hydrogens is 282 g/mol. The van der Waals surface area contributed by atoms with Crippen LogP contribution in [0.1, 0.15) is 34.6 Å². The molecule has 2 unspecified atom stereocenters. The zero-order valence-corrected chi connectivity index (χ0v) is 14.5. The van der Waals surface area contributed by atoms with Crippen LogP contribution in [0.5, 0.6) is 0 Å². The summed E-state index contributed by atoms with van der Waals surface area (Å²) in [6, 6.07) is -0.257. The maximum absolute atomic E-state index is 12.4. The van der Waals surface area contributed by atoms with Gasteiger partial charge >= 0.3 is 0 Å². The Morgan fingerprint density at radius 2 is 1.91 bits per heavy atom. The summed E-state index contributed by atoms with van der Waals surface area (Å²) >= 11 is 0. The van der Waals surface area contributed by atoms with Gasteiger partial charge in [-0.25, -0.2) is 0 Å². The second-order valence-corrected chi connectivity index (χ2v) is 7.20. The van der Waals surface area contributed by atoms with E-state index in [1.165, 1.54) is 0 Å². The molecule has 2 heterocycles. The SMILES string of the molecule is CC1CN(C(C)(C)CNC(=O)[C@H]2NCCO[C@@H]2C)CC(C)O1. The predicted molar refractivity (Wildman–Crippen MR) is 85.9 cm³/mol. The second-order valence-electron chi connectivity index (χ2n) is 7.20. The van der Waals surface area contributed by atoms with Crippen molar-refractivity contribution in [1.29, 1.82) is 0 Å². The number of carbonyl (C=O) groups is 1.